The normalized spacial score (nSPS) is 14.1. The molecule has 36 heavy (non-hydrogen) atoms. The maximum Gasteiger partial charge on any atom is 0.255 e. The van der Waals surface area contributed by atoms with Gasteiger partial charge in [-0.1, -0.05) is 35.9 Å². The number of benzene rings is 3. The van der Waals surface area contributed by atoms with E-state index in [9.17, 15) is 23.4 Å². The first-order chi connectivity index (χ1) is 16.7. The number of aliphatic hydroxyl groups is 1. The van der Waals surface area contributed by atoms with Crippen LogP contribution in [-0.2, 0) is 16.3 Å². The molecular formula is C26H28Cl2N2O5S. The van der Waals surface area contributed by atoms with Gasteiger partial charge in [0.25, 0.3) is 5.91 Å². The van der Waals surface area contributed by atoms with Crippen LogP contribution in [0.5, 0.6) is 5.75 Å². The predicted octanol–water partition coefficient (Wildman–Crippen LogP) is 4.06. The number of sulfone groups is 1. The smallest absolute Gasteiger partial charge is 0.255 e. The van der Waals surface area contributed by atoms with E-state index in [1.165, 1.54) is 30.3 Å². The van der Waals surface area contributed by atoms with Gasteiger partial charge in [-0.3, -0.25) is 4.79 Å². The molecule has 0 spiro atoms. The van der Waals surface area contributed by atoms with E-state index in [0.29, 0.717) is 24.5 Å². The van der Waals surface area contributed by atoms with Crippen LogP contribution in [0.3, 0.4) is 0 Å². The van der Waals surface area contributed by atoms with Crippen LogP contribution >= 0.6 is 24.0 Å². The quantitative estimate of drug-likeness (QED) is 0.283. The summed E-state index contributed by atoms with van der Waals surface area (Å²) < 4.78 is 26.2. The maximum absolute atomic E-state index is 13.1. The SMILES string of the molecule is Cl.O=C(NC1CC1)c1cc(S(=O)(=O)c2ccc(CCNC[C@H](O)c3cccc(Cl)c3)cc2)ccc1O. The maximum atomic E-state index is 13.1. The van der Waals surface area contributed by atoms with Crippen LogP contribution in [0.25, 0.3) is 0 Å². The van der Waals surface area contributed by atoms with Gasteiger partial charge in [0.15, 0.2) is 0 Å². The summed E-state index contributed by atoms with van der Waals surface area (Å²) in [7, 11) is -3.86. The molecule has 1 aliphatic carbocycles. The highest BCUT2D eigenvalue weighted by Gasteiger charge is 2.26. The Morgan fingerprint density at radius 3 is 2.39 bits per heavy atom. The minimum absolute atomic E-state index is 0. The number of nitrogens with one attached hydrogen (secondary N) is 2. The number of hydrogen-bond donors (Lipinski definition) is 4. The number of halogens is 2. The molecule has 4 rings (SSSR count). The van der Waals surface area contributed by atoms with E-state index in [2.05, 4.69) is 10.6 Å². The summed E-state index contributed by atoms with van der Waals surface area (Å²) in [6.07, 6.45) is 1.74. The molecule has 1 saturated carbocycles. The first kappa shape index (κ1) is 28.0. The lowest BCUT2D eigenvalue weighted by molar-refractivity contribution is 0.0948. The van der Waals surface area contributed by atoms with Crippen LogP contribution in [0.1, 0.15) is 40.4 Å². The number of phenolic OH excluding ortho intramolecular Hbond substituents is 1. The number of rotatable bonds is 10. The van der Waals surface area contributed by atoms with Crippen molar-refractivity contribution in [1.82, 2.24) is 10.6 Å². The highest BCUT2D eigenvalue weighted by atomic mass is 35.5. The van der Waals surface area contributed by atoms with E-state index in [-0.39, 0.29) is 39.6 Å². The highest BCUT2D eigenvalue weighted by Crippen LogP contribution is 2.28. The number of amides is 1. The first-order valence-electron chi connectivity index (χ1n) is 11.4. The standard InChI is InChI=1S/C26H27ClN2O5S.ClH/c27-19-3-1-2-18(14-19)25(31)16-28-13-12-17-4-8-21(9-5-17)35(33,34)22-10-11-24(30)23(15-22)26(32)29-20-6-7-20;/h1-5,8-11,14-15,20,25,28,30-31H,6-7,12-13,16H2,(H,29,32);1H/t25-;/m0./s1. The van der Waals surface area contributed by atoms with Gasteiger partial charge in [-0.05, 0) is 79.4 Å². The van der Waals surface area contributed by atoms with Gasteiger partial charge in [-0.25, -0.2) is 8.42 Å². The van der Waals surface area contributed by atoms with E-state index in [1.807, 2.05) is 6.07 Å². The van der Waals surface area contributed by atoms with Crippen LogP contribution in [0.4, 0.5) is 0 Å². The third kappa shape index (κ3) is 6.99. The Labute approximate surface area is 221 Å². The van der Waals surface area contributed by atoms with Crippen molar-refractivity contribution in [3.63, 3.8) is 0 Å². The molecule has 1 amide bonds. The Kier molecular flexibility index (Phi) is 9.38. The fourth-order valence-corrected chi connectivity index (χ4v) is 5.12. The van der Waals surface area contributed by atoms with Crippen LogP contribution in [-0.4, -0.2) is 43.7 Å². The van der Waals surface area contributed by atoms with Gasteiger partial charge >= 0.3 is 0 Å². The zero-order chi connectivity index (χ0) is 25.0. The summed E-state index contributed by atoms with van der Waals surface area (Å²) in [5, 5.41) is 26.8. The number of carbonyl (C=O) groups excluding carboxylic acids is 1. The lowest BCUT2D eigenvalue weighted by atomic mass is 10.1. The molecule has 0 aromatic heterocycles. The molecule has 7 nitrogen and oxygen atoms in total. The van der Waals surface area contributed by atoms with E-state index in [1.54, 1.807) is 30.3 Å². The van der Waals surface area contributed by atoms with E-state index < -0.39 is 21.8 Å². The highest BCUT2D eigenvalue weighted by molar-refractivity contribution is 7.91. The molecule has 1 fully saturated rings. The van der Waals surface area contributed by atoms with Gasteiger partial charge in [0.2, 0.25) is 9.84 Å². The van der Waals surface area contributed by atoms with Crippen LogP contribution in [0, 0.1) is 0 Å². The zero-order valence-corrected chi connectivity index (χ0v) is 21.7. The monoisotopic (exact) mass is 550 g/mol. The molecular weight excluding hydrogens is 523 g/mol. The summed E-state index contributed by atoms with van der Waals surface area (Å²) in [5.74, 6) is -0.740. The second-order valence-electron chi connectivity index (χ2n) is 8.60. The number of carbonyl (C=O) groups is 1. The molecule has 3 aromatic rings. The van der Waals surface area contributed by atoms with Gasteiger partial charge in [0, 0.05) is 17.6 Å². The minimum atomic E-state index is -3.86. The van der Waals surface area contributed by atoms with Crippen LogP contribution in [0.2, 0.25) is 5.02 Å². The molecule has 3 aromatic carbocycles. The fraction of sp³-hybridized carbons (Fsp3) is 0.269. The molecule has 0 bridgehead atoms. The average Bonchev–Trinajstić information content (AvgIpc) is 3.66. The summed E-state index contributed by atoms with van der Waals surface area (Å²) >= 11 is 5.96. The van der Waals surface area contributed by atoms with Crippen molar-refractivity contribution in [2.75, 3.05) is 13.1 Å². The second kappa shape index (κ2) is 12.1. The molecule has 1 aliphatic rings. The minimum Gasteiger partial charge on any atom is -0.507 e. The van der Waals surface area contributed by atoms with Crippen LogP contribution in [0.15, 0.2) is 76.5 Å². The molecule has 0 aliphatic heterocycles. The van der Waals surface area contributed by atoms with E-state index in [0.717, 1.165) is 24.0 Å². The summed E-state index contributed by atoms with van der Waals surface area (Å²) in [6, 6.07) is 17.4. The Morgan fingerprint density at radius 2 is 1.72 bits per heavy atom. The van der Waals surface area contributed by atoms with Crippen molar-refractivity contribution in [1.29, 1.82) is 0 Å². The third-order valence-electron chi connectivity index (χ3n) is 5.83. The summed E-state index contributed by atoms with van der Waals surface area (Å²) in [6.45, 7) is 0.964. The predicted molar refractivity (Wildman–Crippen MR) is 141 cm³/mol. The molecule has 4 N–H and O–H groups in total. The topological polar surface area (TPSA) is 116 Å². The molecule has 10 heteroatoms. The molecule has 0 radical (unpaired) electrons. The lowest BCUT2D eigenvalue weighted by Gasteiger charge is -2.13. The summed E-state index contributed by atoms with van der Waals surface area (Å²) in [4.78, 5) is 12.4. The van der Waals surface area contributed by atoms with Crippen molar-refractivity contribution in [2.24, 2.45) is 0 Å². The van der Waals surface area contributed by atoms with Gasteiger partial charge in [-0.2, -0.15) is 0 Å². The molecule has 0 saturated heterocycles. The van der Waals surface area contributed by atoms with E-state index in [4.69, 9.17) is 11.6 Å². The Bertz CT molecular complexity index is 1310. The van der Waals surface area contributed by atoms with Gasteiger partial charge in [-0.15, -0.1) is 12.4 Å². The lowest BCUT2D eigenvalue weighted by Crippen LogP contribution is -2.25. The Morgan fingerprint density at radius 1 is 1.03 bits per heavy atom. The van der Waals surface area contributed by atoms with Crippen LogP contribution < -0.4 is 10.6 Å². The van der Waals surface area contributed by atoms with Crippen molar-refractivity contribution in [3.05, 3.63) is 88.4 Å². The molecule has 0 unspecified atom stereocenters. The van der Waals surface area contributed by atoms with Crippen molar-refractivity contribution in [2.45, 2.75) is 41.2 Å². The number of aromatic hydroxyl groups is 1. The molecule has 1 atom stereocenters. The average molecular weight is 551 g/mol. The number of phenols is 1. The summed E-state index contributed by atoms with van der Waals surface area (Å²) in [5.41, 5.74) is 1.62. The van der Waals surface area contributed by atoms with E-state index >= 15 is 0 Å². The fourth-order valence-electron chi connectivity index (χ4n) is 3.63. The Balaban J connectivity index is 0.00000361. The van der Waals surface area contributed by atoms with Crippen molar-refractivity contribution >= 4 is 39.8 Å². The van der Waals surface area contributed by atoms with Crippen molar-refractivity contribution < 1.29 is 23.4 Å². The number of aliphatic hydroxyl groups excluding tert-OH is 1. The number of hydrogen-bond acceptors (Lipinski definition) is 6. The Hall–Kier alpha value is -2.62. The van der Waals surface area contributed by atoms with Gasteiger partial charge < -0.3 is 20.8 Å². The van der Waals surface area contributed by atoms with Gasteiger partial charge in [0.1, 0.15) is 5.75 Å². The molecule has 192 valence electrons. The zero-order valence-electron chi connectivity index (χ0n) is 19.4. The third-order valence-corrected chi connectivity index (χ3v) is 7.83. The second-order valence-corrected chi connectivity index (χ2v) is 11.0. The molecule has 0 heterocycles. The van der Waals surface area contributed by atoms with Gasteiger partial charge in [0.05, 0.1) is 21.5 Å². The van der Waals surface area contributed by atoms with Crippen molar-refractivity contribution in [3.8, 4) is 5.75 Å². The first-order valence-corrected chi connectivity index (χ1v) is 13.2. The largest absolute Gasteiger partial charge is 0.507 e.